The lowest BCUT2D eigenvalue weighted by Gasteiger charge is -2.10. The standard InChI is InChI=1S/C20H18ClNO4S/c21-19-8-4-5-9-20(19)25-15-14-22-27(23,24)18-12-10-17(11-13-18)26-16-6-2-1-3-7-16/h1-13,22H,14-15H2. The first-order valence-electron chi connectivity index (χ1n) is 8.24. The predicted octanol–water partition coefficient (Wildman–Crippen LogP) is 4.49. The van der Waals surface area contributed by atoms with Gasteiger partial charge in [-0.25, -0.2) is 13.1 Å². The zero-order valence-electron chi connectivity index (χ0n) is 14.3. The molecule has 0 aliphatic rings. The van der Waals surface area contributed by atoms with Crippen molar-refractivity contribution in [3.63, 3.8) is 0 Å². The lowest BCUT2D eigenvalue weighted by molar-refractivity contribution is 0.323. The predicted molar refractivity (Wildman–Crippen MR) is 105 cm³/mol. The second-order valence-electron chi connectivity index (χ2n) is 5.56. The van der Waals surface area contributed by atoms with E-state index in [1.165, 1.54) is 12.1 Å². The van der Waals surface area contributed by atoms with Gasteiger partial charge in [-0.15, -0.1) is 0 Å². The molecule has 27 heavy (non-hydrogen) atoms. The lowest BCUT2D eigenvalue weighted by Crippen LogP contribution is -2.28. The van der Waals surface area contributed by atoms with Crippen molar-refractivity contribution in [1.29, 1.82) is 0 Å². The Morgan fingerprint density at radius 3 is 2.15 bits per heavy atom. The number of rotatable bonds is 8. The molecule has 0 fully saturated rings. The van der Waals surface area contributed by atoms with Gasteiger partial charge in [0, 0.05) is 6.54 Å². The monoisotopic (exact) mass is 403 g/mol. The molecule has 0 spiro atoms. The molecule has 0 radical (unpaired) electrons. The third-order valence-corrected chi connectivity index (χ3v) is 5.39. The van der Waals surface area contributed by atoms with Gasteiger partial charge in [0.15, 0.2) is 0 Å². The van der Waals surface area contributed by atoms with Crippen molar-refractivity contribution in [1.82, 2.24) is 4.72 Å². The van der Waals surface area contributed by atoms with Crippen molar-refractivity contribution in [2.75, 3.05) is 13.2 Å². The average Bonchev–Trinajstić information content (AvgIpc) is 2.68. The van der Waals surface area contributed by atoms with E-state index in [2.05, 4.69) is 4.72 Å². The van der Waals surface area contributed by atoms with E-state index in [-0.39, 0.29) is 18.0 Å². The van der Waals surface area contributed by atoms with E-state index in [0.717, 1.165) is 0 Å². The number of benzene rings is 3. The summed E-state index contributed by atoms with van der Waals surface area (Å²) < 4.78 is 38.3. The van der Waals surface area contributed by atoms with Gasteiger partial charge in [0.05, 0.1) is 9.92 Å². The summed E-state index contributed by atoms with van der Waals surface area (Å²) in [5.74, 6) is 1.76. The summed E-state index contributed by atoms with van der Waals surface area (Å²) in [6.45, 7) is 0.286. The molecule has 0 aromatic heterocycles. The van der Waals surface area contributed by atoms with Crippen LogP contribution in [0.25, 0.3) is 0 Å². The fourth-order valence-corrected chi connectivity index (χ4v) is 3.50. The third-order valence-electron chi connectivity index (χ3n) is 3.60. The summed E-state index contributed by atoms with van der Waals surface area (Å²) in [4.78, 5) is 0.153. The van der Waals surface area contributed by atoms with Crippen LogP contribution in [0.4, 0.5) is 0 Å². The molecule has 0 bridgehead atoms. The minimum atomic E-state index is -3.63. The molecule has 3 rings (SSSR count). The van der Waals surface area contributed by atoms with E-state index in [1.807, 2.05) is 30.3 Å². The second-order valence-corrected chi connectivity index (χ2v) is 7.74. The van der Waals surface area contributed by atoms with Crippen molar-refractivity contribution in [2.24, 2.45) is 0 Å². The van der Waals surface area contributed by atoms with Crippen molar-refractivity contribution >= 4 is 21.6 Å². The van der Waals surface area contributed by atoms with Crippen LogP contribution in [0.1, 0.15) is 0 Å². The van der Waals surface area contributed by atoms with Crippen LogP contribution in [-0.4, -0.2) is 21.6 Å². The summed E-state index contributed by atoms with van der Waals surface area (Å²) in [5.41, 5.74) is 0. The van der Waals surface area contributed by atoms with E-state index < -0.39 is 10.0 Å². The lowest BCUT2D eigenvalue weighted by atomic mass is 10.3. The average molecular weight is 404 g/mol. The Balaban J connectivity index is 1.54. The summed E-state index contributed by atoms with van der Waals surface area (Å²) in [5, 5.41) is 0.481. The molecule has 3 aromatic rings. The van der Waals surface area contributed by atoms with Crippen LogP contribution in [0.3, 0.4) is 0 Å². The van der Waals surface area contributed by atoms with E-state index in [0.29, 0.717) is 22.3 Å². The number of nitrogens with one attached hydrogen (secondary N) is 1. The van der Waals surface area contributed by atoms with E-state index in [1.54, 1.807) is 36.4 Å². The SMILES string of the molecule is O=S(=O)(NCCOc1ccccc1Cl)c1ccc(Oc2ccccc2)cc1. The summed E-state index contributed by atoms with van der Waals surface area (Å²) in [7, 11) is -3.63. The van der Waals surface area contributed by atoms with Crippen LogP contribution in [0, 0.1) is 0 Å². The summed E-state index contributed by atoms with van der Waals surface area (Å²) in [6.07, 6.45) is 0. The molecule has 3 aromatic carbocycles. The van der Waals surface area contributed by atoms with Gasteiger partial charge in [0.1, 0.15) is 23.9 Å². The first-order valence-corrected chi connectivity index (χ1v) is 10.1. The number of sulfonamides is 1. The molecule has 0 aliphatic carbocycles. The van der Waals surface area contributed by atoms with Crippen molar-refractivity contribution in [3.8, 4) is 17.2 Å². The highest BCUT2D eigenvalue weighted by Crippen LogP contribution is 2.23. The molecule has 0 saturated carbocycles. The maximum Gasteiger partial charge on any atom is 0.240 e. The highest BCUT2D eigenvalue weighted by atomic mass is 35.5. The van der Waals surface area contributed by atoms with E-state index in [9.17, 15) is 8.42 Å². The zero-order chi connectivity index (χ0) is 19.1. The van der Waals surface area contributed by atoms with Crippen LogP contribution in [0.15, 0.2) is 83.8 Å². The second kappa shape index (κ2) is 8.90. The normalized spacial score (nSPS) is 11.1. The van der Waals surface area contributed by atoms with Gasteiger partial charge in [-0.3, -0.25) is 0 Å². The number of para-hydroxylation sites is 2. The summed E-state index contributed by atoms with van der Waals surface area (Å²) >= 11 is 5.99. The fourth-order valence-electron chi connectivity index (χ4n) is 2.29. The molecule has 0 amide bonds. The summed E-state index contributed by atoms with van der Waals surface area (Å²) in [6, 6.07) is 22.5. The van der Waals surface area contributed by atoms with Gasteiger partial charge >= 0.3 is 0 Å². The number of ether oxygens (including phenoxy) is 2. The van der Waals surface area contributed by atoms with Crippen LogP contribution in [0.5, 0.6) is 17.2 Å². The highest BCUT2D eigenvalue weighted by Gasteiger charge is 2.13. The van der Waals surface area contributed by atoms with Gasteiger partial charge in [-0.05, 0) is 48.5 Å². The van der Waals surface area contributed by atoms with Crippen molar-refractivity contribution < 1.29 is 17.9 Å². The van der Waals surface area contributed by atoms with E-state index in [4.69, 9.17) is 21.1 Å². The Morgan fingerprint density at radius 1 is 0.815 bits per heavy atom. The van der Waals surface area contributed by atoms with Gasteiger partial charge in [-0.1, -0.05) is 41.9 Å². The van der Waals surface area contributed by atoms with Crippen molar-refractivity contribution in [2.45, 2.75) is 4.90 Å². The molecule has 1 N–H and O–H groups in total. The maximum atomic E-state index is 12.3. The van der Waals surface area contributed by atoms with Gasteiger partial charge in [0.2, 0.25) is 10.0 Å². The minimum Gasteiger partial charge on any atom is -0.491 e. The molecule has 0 aliphatic heterocycles. The maximum absolute atomic E-state index is 12.3. The first-order chi connectivity index (χ1) is 13.0. The molecule has 5 nitrogen and oxygen atoms in total. The van der Waals surface area contributed by atoms with Gasteiger partial charge in [0.25, 0.3) is 0 Å². The largest absolute Gasteiger partial charge is 0.491 e. The molecule has 0 atom stereocenters. The first kappa shape index (κ1) is 19.2. The molecule has 140 valence electrons. The Hall–Kier alpha value is -2.54. The van der Waals surface area contributed by atoms with Gasteiger partial charge < -0.3 is 9.47 Å². The Bertz CT molecular complexity index is 976. The number of hydrogen-bond acceptors (Lipinski definition) is 4. The Labute approximate surface area is 163 Å². The Morgan fingerprint density at radius 2 is 1.44 bits per heavy atom. The third kappa shape index (κ3) is 5.47. The van der Waals surface area contributed by atoms with Crippen LogP contribution in [0.2, 0.25) is 5.02 Å². The van der Waals surface area contributed by atoms with Crippen molar-refractivity contribution in [3.05, 3.63) is 83.9 Å². The molecule has 7 heteroatoms. The van der Waals surface area contributed by atoms with Crippen LogP contribution < -0.4 is 14.2 Å². The smallest absolute Gasteiger partial charge is 0.240 e. The minimum absolute atomic E-state index is 0.121. The molecule has 0 saturated heterocycles. The van der Waals surface area contributed by atoms with Crippen LogP contribution in [-0.2, 0) is 10.0 Å². The highest BCUT2D eigenvalue weighted by molar-refractivity contribution is 7.89. The number of halogens is 1. The quantitative estimate of drug-likeness (QED) is 0.563. The molecule has 0 heterocycles. The Kier molecular flexibility index (Phi) is 6.34. The fraction of sp³-hybridized carbons (Fsp3) is 0.100. The zero-order valence-corrected chi connectivity index (χ0v) is 15.9. The topological polar surface area (TPSA) is 64.6 Å². The van der Waals surface area contributed by atoms with Crippen LogP contribution >= 0.6 is 11.6 Å². The van der Waals surface area contributed by atoms with Gasteiger partial charge in [-0.2, -0.15) is 0 Å². The molecular weight excluding hydrogens is 386 g/mol. The number of hydrogen-bond donors (Lipinski definition) is 1. The molecular formula is C20H18ClNO4S. The van der Waals surface area contributed by atoms with E-state index >= 15 is 0 Å². The molecule has 0 unspecified atom stereocenters.